The molecule has 0 fully saturated rings. The van der Waals surface area contributed by atoms with Crippen molar-refractivity contribution in [2.75, 3.05) is 0 Å². The Hall–Kier alpha value is -1.95. The molecule has 6 heteroatoms. The molecule has 6 nitrogen and oxygen atoms in total. The van der Waals surface area contributed by atoms with Gasteiger partial charge in [-0.3, -0.25) is 14.9 Å². The first-order chi connectivity index (χ1) is 8.00. The average Bonchev–Trinajstić information content (AvgIpc) is 2.28. The molecule has 0 saturated carbocycles. The van der Waals surface area contributed by atoms with E-state index in [1.54, 1.807) is 12.1 Å². The summed E-state index contributed by atoms with van der Waals surface area (Å²) in [6.45, 7) is 0. The first kappa shape index (κ1) is 13.1. The Morgan fingerprint density at radius 1 is 1.41 bits per heavy atom. The van der Waals surface area contributed by atoms with Gasteiger partial charge in [-0.2, -0.15) is 0 Å². The van der Waals surface area contributed by atoms with Crippen LogP contribution in [0.25, 0.3) is 0 Å². The molecule has 0 amide bonds. The predicted molar refractivity (Wildman–Crippen MR) is 61.5 cm³/mol. The van der Waals surface area contributed by atoms with Crippen LogP contribution >= 0.6 is 0 Å². The normalized spacial score (nSPS) is 12.1. The van der Waals surface area contributed by atoms with Crippen molar-refractivity contribution in [3.8, 4) is 0 Å². The molecule has 1 unspecified atom stereocenters. The van der Waals surface area contributed by atoms with Crippen molar-refractivity contribution in [3.05, 3.63) is 39.9 Å². The van der Waals surface area contributed by atoms with Crippen molar-refractivity contribution in [2.24, 2.45) is 5.73 Å². The Kier molecular flexibility index (Phi) is 4.59. The van der Waals surface area contributed by atoms with E-state index in [0.29, 0.717) is 12.8 Å². The van der Waals surface area contributed by atoms with Gasteiger partial charge in [-0.25, -0.2) is 0 Å². The van der Waals surface area contributed by atoms with Gasteiger partial charge in [0.1, 0.15) is 0 Å². The molecule has 1 atom stereocenters. The molecule has 0 aliphatic rings. The van der Waals surface area contributed by atoms with E-state index in [-0.39, 0.29) is 18.2 Å². The van der Waals surface area contributed by atoms with Crippen LogP contribution in [-0.4, -0.2) is 16.0 Å². The highest BCUT2D eigenvalue weighted by atomic mass is 16.6. The maximum Gasteiger partial charge on any atom is 0.303 e. The van der Waals surface area contributed by atoms with Crippen LogP contribution in [0, 0.1) is 10.1 Å². The van der Waals surface area contributed by atoms with Gasteiger partial charge in [0.15, 0.2) is 0 Å². The summed E-state index contributed by atoms with van der Waals surface area (Å²) in [4.78, 5) is 20.3. The second-order valence-corrected chi connectivity index (χ2v) is 3.74. The zero-order valence-electron chi connectivity index (χ0n) is 9.20. The van der Waals surface area contributed by atoms with E-state index in [4.69, 9.17) is 10.8 Å². The second kappa shape index (κ2) is 5.95. The van der Waals surface area contributed by atoms with Crippen LogP contribution in [0.1, 0.15) is 30.9 Å². The molecule has 3 N–H and O–H groups in total. The molecule has 0 aliphatic heterocycles. The number of hydrogen-bond donors (Lipinski definition) is 2. The van der Waals surface area contributed by atoms with Gasteiger partial charge >= 0.3 is 5.97 Å². The Bertz CT molecular complexity index is 402. The minimum absolute atomic E-state index is 0.0199. The minimum atomic E-state index is -0.846. The van der Waals surface area contributed by atoms with E-state index in [9.17, 15) is 14.9 Å². The zero-order chi connectivity index (χ0) is 12.8. The summed E-state index contributed by atoms with van der Waals surface area (Å²) in [5.41, 5.74) is 6.64. The van der Waals surface area contributed by atoms with E-state index in [0.717, 1.165) is 5.56 Å². The largest absolute Gasteiger partial charge is 0.481 e. The standard InChI is InChI=1S/C11H14N2O4/c12-10(2-1-3-11(14)15)8-4-6-9(7-5-8)13(16)17/h4-7,10H,1-3,12H2,(H,14,15). The number of aliphatic carboxylic acids is 1. The number of benzene rings is 1. The van der Waals surface area contributed by atoms with Crippen molar-refractivity contribution in [1.82, 2.24) is 0 Å². The van der Waals surface area contributed by atoms with Gasteiger partial charge in [-0.1, -0.05) is 12.1 Å². The van der Waals surface area contributed by atoms with Crippen LogP contribution in [0.5, 0.6) is 0 Å². The quantitative estimate of drug-likeness (QED) is 0.581. The molecule has 17 heavy (non-hydrogen) atoms. The molecule has 0 heterocycles. The van der Waals surface area contributed by atoms with E-state index in [1.807, 2.05) is 0 Å². The van der Waals surface area contributed by atoms with Crippen molar-refractivity contribution >= 4 is 11.7 Å². The summed E-state index contributed by atoms with van der Waals surface area (Å²) < 4.78 is 0. The van der Waals surface area contributed by atoms with Crippen LogP contribution in [-0.2, 0) is 4.79 Å². The molecule has 0 saturated heterocycles. The molecule has 1 aromatic rings. The Labute approximate surface area is 98.2 Å². The third kappa shape index (κ3) is 4.20. The highest BCUT2D eigenvalue weighted by Crippen LogP contribution is 2.19. The lowest BCUT2D eigenvalue weighted by Gasteiger charge is -2.10. The molecular weight excluding hydrogens is 224 g/mol. The molecular formula is C11H14N2O4. The smallest absolute Gasteiger partial charge is 0.303 e. The fourth-order valence-electron chi connectivity index (χ4n) is 1.48. The minimum Gasteiger partial charge on any atom is -0.481 e. The van der Waals surface area contributed by atoms with Crippen molar-refractivity contribution in [2.45, 2.75) is 25.3 Å². The van der Waals surface area contributed by atoms with Gasteiger partial charge in [0.05, 0.1) is 4.92 Å². The second-order valence-electron chi connectivity index (χ2n) is 3.74. The molecule has 0 spiro atoms. The van der Waals surface area contributed by atoms with E-state index in [1.165, 1.54) is 12.1 Å². The molecule has 0 aromatic heterocycles. The lowest BCUT2D eigenvalue weighted by atomic mass is 10.0. The lowest BCUT2D eigenvalue weighted by Crippen LogP contribution is -2.10. The average molecular weight is 238 g/mol. The van der Waals surface area contributed by atoms with Gasteiger partial charge in [-0.05, 0) is 18.4 Å². The summed E-state index contributed by atoms with van der Waals surface area (Å²) in [6.07, 6.45) is 1.12. The summed E-state index contributed by atoms with van der Waals surface area (Å²) in [5.74, 6) is -0.846. The zero-order valence-corrected chi connectivity index (χ0v) is 9.20. The van der Waals surface area contributed by atoms with E-state index < -0.39 is 10.9 Å². The third-order valence-electron chi connectivity index (χ3n) is 2.44. The molecule has 1 aromatic carbocycles. The lowest BCUT2D eigenvalue weighted by molar-refractivity contribution is -0.384. The number of carboxylic acid groups (broad SMARTS) is 1. The van der Waals surface area contributed by atoms with Crippen LogP contribution < -0.4 is 5.73 Å². The van der Waals surface area contributed by atoms with Crippen LogP contribution in [0.2, 0.25) is 0 Å². The van der Waals surface area contributed by atoms with E-state index >= 15 is 0 Å². The number of nitrogens with two attached hydrogens (primary N) is 1. The molecule has 1 rings (SSSR count). The topological polar surface area (TPSA) is 106 Å². The number of hydrogen-bond acceptors (Lipinski definition) is 4. The predicted octanol–water partition coefficient (Wildman–Crippen LogP) is 1.85. The van der Waals surface area contributed by atoms with Gasteiger partial charge in [0, 0.05) is 24.6 Å². The molecule has 0 radical (unpaired) electrons. The number of nitro benzene ring substituents is 1. The highest BCUT2D eigenvalue weighted by molar-refractivity contribution is 5.66. The van der Waals surface area contributed by atoms with Gasteiger partial charge < -0.3 is 10.8 Å². The number of non-ortho nitro benzene ring substituents is 1. The van der Waals surface area contributed by atoms with Gasteiger partial charge in [0.2, 0.25) is 0 Å². The summed E-state index contributed by atoms with van der Waals surface area (Å²) in [5, 5.41) is 18.9. The summed E-state index contributed by atoms with van der Waals surface area (Å²) in [7, 11) is 0. The number of rotatable bonds is 6. The summed E-state index contributed by atoms with van der Waals surface area (Å²) in [6, 6.07) is 5.71. The number of nitro groups is 1. The molecule has 92 valence electrons. The van der Waals surface area contributed by atoms with Gasteiger partial charge in [0.25, 0.3) is 5.69 Å². The SMILES string of the molecule is NC(CCCC(=O)O)c1ccc([N+](=O)[O-])cc1. The van der Waals surface area contributed by atoms with Crippen molar-refractivity contribution < 1.29 is 14.8 Å². The number of carboxylic acids is 1. The maximum absolute atomic E-state index is 10.4. The van der Waals surface area contributed by atoms with Gasteiger partial charge in [-0.15, -0.1) is 0 Å². The first-order valence-corrected chi connectivity index (χ1v) is 5.22. The summed E-state index contributed by atoms with van der Waals surface area (Å²) >= 11 is 0. The maximum atomic E-state index is 10.4. The Balaban J connectivity index is 2.54. The molecule has 0 bridgehead atoms. The van der Waals surface area contributed by atoms with Crippen molar-refractivity contribution in [3.63, 3.8) is 0 Å². The Morgan fingerprint density at radius 2 is 2.00 bits per heavy atom. The van der Waals surface area contributed by atoms with E-state index in [2.05, 4.69) is 0 Å². The van der Waals surface area contributed by atoms with Crippen molar-refractivity contribution in [1.29, 1.82) is 0 Å². The monoisotopic (exact) mass is 238 g/mol. The number of nitrogens with zero attached hydrogens (tertiary/aromatic N) is 1. The highest BCUT2D eigenvalue weighted by Gasteiger charge is 2.09. The first-order valence-electron chi connectivity index (χ1n) is 5.22. The fraction of sp³-hybridized carbons (Fsp3) is 0.364. The van der Waals surface area contributed by atoms with Crippen LogP contribution in [0.3, 0.4) is 0 Å². The molecule has 0 aliphatic carbocycles. The van der Waals surface area contributed by atoms with Crippen LogP contribution in [0.15, 0.2) is 24.3 Å². The third-order valence-corrected chi connectivity index (χ3v) is 2.44. The number of carbonyl (C=O) groups is 1. The Morgan fingerprint density at radius 3 is 2.47 bits per heavy atom. The fourth-order valence-corrected chi connectivity index (χ4v) is 1.48. The van der Waals surface area contributed by atoms with Crippen LogP contribution in [0.4, 0.5) is 5.69 Å².